The molecule has 0 bridgehead atoms. The Kier molecular flexibility index (Phi) is 5.68. The molecule has 6 heteroatoms. The number of rotatable bonds is 6. The van der Waals surface area contributed by atoms with E-state index in [-0.39, 0.29) is 11.8 Å². The molecule has 2 aromatic carbocycles. The molecule has 1 amide bonds. The van der Waals surface area contributed by atoms with E-state index < -0.39 is 0 Å². The Morgan fingerprint density at radius 2 is 1.66 bits per heavy atom. The van der Waals surface area contributed by atoms with Crippen LogP contribution in [0.25, 0.3) is 10.9 Å². The molecule has 6 nitrogen and oxygen atoms in total. The van der Waals surface area contributed by atoms with Crippen molar-refractivity contribution in [3.05, 3.63) is 60.2 Å². The lowest BCUT2D eigenvalue weighted by Gasteiger charge is -2.29. The number of aromatic nitrogens is 2. The Hall–Kier alpha value is -3.15. The third-order valence-corrected chi connectivity index (χ3v) is 6.78. The molecule has 0 aliphatic heterocycles. The van der Waals surface area contributed by atoms with Gasteiger partial charge in [-0.2, -0.15) is 4.98 Å². The minimum atomic E-state index is 0.111. The molecule has 5 rings (SSSR count). The zero-order valence-electron chi connectivity index (χ0n) is 18.8. The molecule has 2 fully saturated rings. The van der Waals surface area contributed by atoms with Gasteiger partial charge in [0.25, 0.3) is 0 Å². The maximum absolute atomic E-state index is 12.8. The van der Waals surface area contributed by atoms with Crippen molar-refractivity contribution in [3.8, 4) is 0 Å². The topological polar surface area (TPSA) is 70.2 Å². The summed E-state index contributed by atoms with van der Waals surface area (Å²) >= 11 is 0. The van der Waals surface area contributed by atoms with Crippen molar-refractivity contribution >= 4 is 28.6 Å². The fraction of sp³-hybridized carbons (Fsp3) is 0.423. The molecule has 1 aromatic heterocycles. The van der Waals surface area contributed by atoms with Crippen LogP contribution in [-0.2, 0) is 4.79 Å². The van der Waals surface area contributed by atoms with E-state index in [0.717, 1.165) is 48.8 Å². The van der Waals surface area contributed by atoms with Crippen molar-refractivity contribution in [1.29, 1.82) is 0 Å². The molecule has 2 N–H and O–H groups in total. The molecule has 2 saturated carbocycles. The van der Waals surface area contributed by atoms with Gasteiger partial charge < -0.3 is 15.5 Å². The average molecular weight is 430 g/mol. The van der Waals surface area contributed by atoms with E-state index in [0.29, 0.717) is 23.9 Å². The van der Waals surface area contributed by atoms with Gasteiger partial charge in [0.05, 0.1) is 5.52 Å². The Bertz CT molecular complexity index is 1090. The summed E-state index contributed by atoms with van der Waals surface area (Å²) in [5, 5.41) is 7.87. The standard InChI is InChI=1S/C26H31N5O/c1-31(2)24-20-10-6-7-11-22(20)29-26(30-24)27-19-14-12-18(13-15-19)25(32)28-23-16-21(23)17-8-4-3-5-9-17/h3-11,18-19,21,23H,12-16H2,1-2H3,(H,28,32)(H,27,29,30)/t18?,19?,21-,23-/m1/s1. The Morgan fingerprint density at radius 3 is 2.41 bits per heavy atom. The maximum Gasteiger partial charge on any atom is 0.225 e. The summed E-state index contributed by atoms with van der Waals surface area (Å²) in [6.45, 7) is 0. The first kappa shape index (κ1) is 20.7. The van der Waals surface area contributed by atoms with Crippen LogP contribution in [0.2, 0.25) is 0 Å². The van der Waals surface area contributed by atoms with E-state index in [1.807, 2.05) is 43.3 Å². The molecule has 166 valence electrons. The number of nitrogens with zero attached hydrogens (tertiary/aromatic N) is 3. The van der Waals surface area contributed by atoms with E-state index in [2.05, 4.69) is 41.0 Å². The summed E-state index contributed by atoms with van der Waals surface area (Å²) in [6.07, 6.45) is 4.78. The third-order valence-electron chi connectivity index (χ3n) is 6.78. The molecular weight excluding hydrogens is 398 g/mol. The molecule has 2 atom stereocenters. The first-order valence-electron chi connectivity index (χ1n) is 11.6. The number of carbonyl (C=O) groups excluding carboxylic acids is 1. The van der Waals surface area contributed by atoms with Crippen LogP contribution in [0.1, 0.15) is 43.6 Å². The summed E-state index contributed by atoms with van der Waals surface area (Å²) in [7, 11) is 4.01. The summed E-state index contributed by atoms with van der Waals surface area (Å²) in [6, 6.07) is 19.2. The lowest BCUT2D eigenvalue weighted by molar-refractivity contribution is -0.126. The fourth-order valence-corrected chi connectivity index (χ4v) is 4.87. The lowest BCUT2D eigenvalue weighted by Crippen LogP contribution is -2.37. The van der Waals surface area contributed by atoms with Gasteiger partial charge in [-0.25, -0.2) is 4.98 Å². The molecule has 0 radical (unpaired) electrons. The van der Waals surface area contributed by atoms with Crippen LogP contribution >= 0.6 is 0 Å². The number of hydrogen-bond acceptors (Lipinski definition) is 5. The SMILES string of the molecule is CN(C)c1nc(NC2CCC(C(=O)N[C@@H]3C[C@@H]3c3ccccc3)CC2)nc2ccccc12. The first-order chi connectivity index (χ1) is 15.6. The second-order valence-corrected chi connectivity index (χ2v) is 9.34. The molecule has 0 saturated heterocycles. The van der Waals surface area contributed by atoms with Gasteiger partial charge in [0.2, 0.25) is 11.9 Å². The second-order valence-electron chi connectivity index (χ2n) is 9.34. The number of anilines is 2. The molecule has 1 heterocycles. The predicted molar refractivity (Wildman–Crippen MR) is 129 cm³/mol. The van der Waals surface area contributed by atoms with Crippen LogP contribution in [0.15, 0.2) is 54.6 Å². The first-order valence-corrected chi connectivity index (χ1v) is 11.6. The van der Waals surface area contributed by atoms with E-state index >= 15 is 0 Å². The fourth-order valence-electron chi connectivity index (χ4n) is 4.87. The van der Waals surface area contributed by atoms with E-state index in [1.165, 1.54) is 5.56 Å². The van der Waals surface area contributed by atoms with Crippen LogP contribution in [0.3, 0.4) is 0 Å². The predicted octanol–water partition coefficient (Wildman–Crippen LogP) is 4.34. The summed E-state index contributed by atoms with van der Waals surface area (Å²) in [4.78, 5) is 24.3. The number of benzene rings is 2. The Labute approximate surface area is 189 Å². The normalized spacial score (nSPS) is 24.7. The van der Waals surface area contributed by atoms with Crippen LogP contribution in [0.4, 0.5) is 11.8 Å². The highest BCUT2D eigenvalue weighted by molar-refractivity contribution is 5.90. The zero-order valence-corrected chi connectivity index (χ0v) is 18.8. The monoisotopic (exact) mass is 429 g/mol. The van der Waals surface area contributed by atoms with Crippen LogP contribution in [0.5, 0.6) is 0 Å². The number of para-hydroxylation sites is 1. The van der Waals surface area contributed by atoms with Crippen LogP contribution in [0, 0.1) is 5.92 Å². The van der Waals surface area contributed by atoms with Crippen molar-refractivity contribution in [2.24, 2.45) is 5.92 Å². The van der Waals surface area contributed by atoms with Gasteiger partial charge in [0.15, 0.2) is 0 Å². The number of carbonyl (C=O) groups is 1. The Balaban J connectivity index is 1.16. The van der Waals surface area contributed by atoms with Crippen molar-refractivity contribution in [3.63, 3.8) is 0 Å². The van der Waals surface area contributed by atoms with Crippen LogP contribution in [-0.4, -0.2) is 42.1 Å². The van der Waals surface area contributed by atoms with Gasteiger partial charge >= 0.3 is 0 Å². The van der Waals surface area contributed by atoms with Gasteiger partial charge in [-0.15, -0.1) is 0 Å². The van der Waals surface area contributed by atoms with Gasteiger partial charge in [-0.3, -0.25) is 4.79 Å². The van der Waals surface area contributed by atoms with Crippen molar-refractivity contribution in [1.82, 2.24) is 15.3 Å². The molecule has 0 unspecified atom stereocenters. The smallest absolute Gasteiger partial charge is 0.225 e. The van der Waals surface area contributed by atoms with Gasteiger partial charge in [-0.1, -0.05) is 42.5 Å². The zero-order chi connectivity index (χ0) is 22.1. The van der Waals surface area contributed by atoms with Crippen molar-refractivity contribution < 1.29 is 4.79 Å². The minimum absolute atomic E-state index is 0.111. The number of amides is 1. The summed E-state index contributed by atoms with van der Waals surface area (Å²) in [5.74, 6) is 2.41. The molecule has 2 aliphatic rings. The highest BCUT2D eigenvalue weighted by Gasteiger charge is 2.40. The van der Waals surface area contributed by atoms with E-state index in [1.54, 1.807) is 0 Å². The third kappa shape index (κ3) is 4.40. The molecule has 2 aliphatic carbocycles. The van der Waals surface area contributed by atoms with Gasteiger partial charge in [0, 0.05) is 43.4 Å². The Morgan fingerprint density at radius 1 is 0.938 bits per heavy atom. The summed E-state index contributed by atoms with van der Waals surface area (Å²) in [5.41, 5.74) is 2.28. The van der Waals surface area contributed by atoms with Crippen molar-refractivity contribution in [2.45, 2.75) is 50.1 Å². The molecule has 3 aromatic rings. The maximum atomic E-state index is 12.8. The van der Waals surface area contributed by atoms with Crippen LogP contribution < -0.4 is 15.5 Å². The molecular formula is C26H31N5O. The van der Waals surface area contributed by atoms with Gasteiger partial charge in [-0.05, 0) is 49.8 Å². The van der Waals surface area contributed by atoms with E-state index in [4.69, 9.17) is 9.97 Å². The quantitative estimate of drug-likeness (QED) is 0.610. The average Bonchev–Trinajstić information content (AvgIpc) is 3.58. The van der Waals surface area contributed by atoms with Gasteiger partial charge in [0.1, 0.15) is 5.82 Å². The number of nitrogens with one attached hydrogen (secondary N) is 2. The highest BCUT2D eigenvalue weighted by atomic mass is 16.2. The van der Waals surface area contributed by atoms with E-state index in [9.17, 15) is 4.79 Å². The number of fused-ring (bicyclic) bond motifs is 1. The highest BCUT2D eigenvalue weighted by Crippen LogP contribution is 2.41. The molecule has 32 heavy (non-hydrogen) atoms. The largest absolute Gasteiger partial charge is 0.362 e. The minimum Gasteiger partial charge on any atom is -0.362 e. The second kappa shape index (κ2) is 8.77. The number of hydrogen-bond donors (Lipinski definition) is 2. The lowest BCUT2D eigenvalue weighted by atomic mass is 9.85. The van der Waals surface area contributed by atoms with Crippen molar-refractivity contribution in [2.75, 3.05) is 24.3 Å². The summed E-state index contributed by atoms with van der Waals surface area (Å²) < 4.78 is 0. The molecule has 0 spiro atoms.